The summed E-state index contributed by atoms with van der Waals surface area (Å²) in [5, 5.41) is 2.88. The Balaban J connectivity index is 2.17. The molecule has 0 bridgehead atoms. The molecule has 0 saturated heterocycles. The van der Waals surface area contributed by atoms with Gasteiger partial charge in [0.25, 0.3) is 5.91 Å². The molecule has 0 radical (unpaired) electrons. The molecule has 0 aromatic heterocycles. The van der Waals surface area contributed by atoms with Crippen LogP contribution in [-0.2, 0) is 9.47 Å². The van der Waals surface area contributed by atoms with Gasteiger partial charge in [-0.3, -0.25) is 4.79 Å². The minimum atomic E-state index is -0.0827. The van der Waals surface area contributed by atoms with Crippen molar-refractivity contribution in [3.63, 3.8) is 0 Å². The van der Waals surface area contributed by atoms with Crippen LogP contribution in [0.5, 0.6) is 0 Å². The number of anilines is 1. The zero-order valence-corrected chi connectivity index (χ0v) is 12.3. The van der Waals surface area contributed by atoms with E-state index < -0.39 is 0 Å². The molecule has 5 heteroatoms. The zero-order chi connectivity index (χ0) is 14.8. The van der Waals surface area contributed by atoms with E-state index in [0.29, 0.717) is 37.6 Å². The molecule has 5 nitrogen and oxygen atoms in total. The lowest BCUT2D eigenvalue weighted by molar-refractivity contribution is 0.0686. The number of amides is 1. The van der Waals surface area contributed by atoms with E-state index in [0.717, 1.165) is 18.4 Å². The zero-order valence-electron chi connectivity index (χ0n) is 12.3. The van der Waals surface area contributed by atoms with E-state index in [1.165, 1.54) is 0 Å². The third kappa shape index (κ3) is 6.54. The SMILES string of the molecule is COCCOCCCCNC(=O)c1cc(C)cc(N)c1. The number of rotatable bonds is 9. The lowest BCUT2D eigenvalue weighted by Crippen LogP contribution is -2.24. The summed E-state index contributed by atoms with van der Waals surface area (Å²) in [7, 11) is 1.65. The first-order valence-corrected chi connectivity index (χ1v) is 6.85. The molecule has 0 spiro atoms. The second kappa shape index (κ2) is 9.34. The summed E-state index contributed by atoms with van der Waals surface area (Å²) < 4.78 is 10.2. The van der Waals surface area contributed by atoms with Crippen molar-refractivity contribution in [3.8, 4) is 0 Å². The highest BCUT2D eigenvalue weighted by atomic mass is 16.5. The van der Waals surface area contributed by atoms with Crippen LogP contribution in [0.1, 0.15) is 28.8 Å². The van der Waals surface area contributed by atoms with Crippen molar-refractivity contribution in [1.82, 2.24) is 5.32 Å². The van der Waals surface area contributed by atoms with Gasteiger partial charge in [0.15, 0.2) is 0 Å². The molecule has 0 heterocycles. The maximum atomic E-state index is 11.9. The van der Waals surface area contributed by atoms with Gasteiger partial charge in [0.1, 0.15) is 0 Å². The van der Waals surface area contributed by atoms with Crippen LogP contribution < -0.4 is 11.1 Å². The predicted molar refractivity (Wildman–Crippen MR) is 79.9 cm³/mol. The Morgan fingerprint density at radius 2 is 2.00 bits per heavy atom. The molecular formula is C15H24N2O3. The van der Waals surface area contributed by atoms with E-state index >= 15 is 0 Å². The highest BCUT2D eigenvalue weighted by Gasteiger charge is 2.05. The van der Waals surface area contributed by atoms with Gasteiger partial charge in [-0.15, -0.1) is 0 Å². The normalized spacial score (nSPS) is 10.5. The van der Waals surface area contributed by atoms with Gasteiger partial charge >= 0.3 is 0 Å². The lowest BCUT2D eigenvalue weighted by atomic mass is 10.1. The molecule has 1 rings (SSSR count). The average molecular weight is 280 g/mol. The fraction of sp³-hybridized carbons (Fsp3) is 0.533. The van der Waals surface area contributed by atoms with Gasteiger partial charge in [-0.2, -0.15) is 0 Å². The number of ether oxygens (including phenoxy) is 2. The van der Waals surface area contributed by atoms with Crippen LogP contribution in [0.15, 0.2) is 18.2 Å². The van der Waals surface area contributed by atoms with Gasteiger partial charge in [0.05, 0.1) is 13.2 Å². The summed E-state index contributed by atoms with van der Waals surface area (Å²) in [6.07, 6.45) is 1.81. The van der Waals surface area contributed by atoms with E-state index in [4.69, 9.17) is 15.2 Å². The van der Waals surface area contributed by atoms with Gasteiger partial charge in [-0.1, -0.05) is 0 Å². The molecule has 0 aliphatic rings. The van der Waals surface area contributed by atoms with Crippen molar-refractivity contribution < 1.29 is 14.3 Å². The molecule has 0 fully saturated rings. The van der Waals surface area contributed by atoms with Crippen LogP contribution in [0.4, 0.5) is 5.69 Å². The van der Waals surface area contributed by atoms with Gasteiger partial charge in [0.2, 0.25) is 0 Å². The number of hydrogen-bond donors (Lipinski definition) is 2. The Kier molecular flexibility index (Phi) is 7.69. The molecule has 0 aliphatic carbocycles. The van der Waals surface area contributed by atoms with E-state index in [1.54, 1.807) is 13.2 Å². The molecule has 112 valence electrons. The second-order valence-corrected chi connectivity index (χ2v) is 4.70. The average Bonchev–Trinajstić information content (AvgIpc) is 2.40. The largest absolute Gasteiger partial charge is 0.399 e. The Labute approximate surface area is 120 Å². The number of unbranched alkanes of at least 4 members (excludes halogenated alkanes) is 1. The van der Waals surface area contributed by atoms with Crippen molar-refractivity contribution in [2.75, 3.05) is 39.2 Å². The third-order valence-electron chi connectivity index (χ3n) is 2.79. The van der Waals surface area contributed by atoms with Crippen molar-refractivity contribution >= 4 is 11.6 Å². The van der Waals surface area contributed by atoms with Crippen molar-refractivity contribution in [3.05, 3.63) is 29.3 Å². The molecular weight excluding hydrogens is 256 g/mol. The molecule has 0 saturated carbocycles. The molecule has 3 N–H and O–H groups in total. The number of carbonyl (C=O) groups excluding carboxylic acids is 1. The summed E-state index contributed by atoms with van der Waals surface area (Å²) in [6, 6.07) is 5.36. The van der Waals surface area contributed by atoms with Gasteiger partial charge in [-0.05, 0) is 43.5 Å². The Hall–Kier alpha value is -1.59. The number of hydrogen-bond acceptors (Lipinski definition) is 4. The first-order valence-electron chi connectivity index (χ1n) is 6.85. The smallest absolute Gasteiger partial charge is 0.251 e. The number of nitrogens with one attached hydrogen (secondary N) is 1. The maximum absolute atomic E-state index is 11.9. The first kappa shape index (κ1) is 16.5. The number of carbonyl (C=O) groups is 1. The van der Waals surface area contributed by atoms with Crippen molar-refractivity contribution in [2.24, 2.45) is 0 Å². The predicted octanol–water partition coefficient (Wildman–Crippen LogP) is 1.75. The number of nitrogens with two attached hydrogens (primary N) is 1. The van der Waals surface area contributed by atoms with Crippen molar-refractivity contribution in [2.45, 2.75) is 19.8 Å². The van der Waals surface area contributed by atoms with E-state index in [-0.39, 0.29) is 5.91 Å². The molecule has 0 atom stereocenters. The van der Waals surface area contributed by atoms with Crippen LogP contribution in [0.25, 0.3) is 0 Å². The van der Waals surface area contributed by atoms with Crippen LogP contribution in [0.3, 0.4) is 0 Å². The number of benzene rings is 1. The summed E-state index contributed by atoms with van der Waals surface area (Å²) in [5.74, 6) is -0.0827. The lowest BCUT2D eigenvalue weighted by Gasteiger charge is -2.07. The van der Waals surface area contributed by atoms with Crippen molar-refractivity contribution in [1.29, 1.82) is 0 Å². The van der Waals surface area contributed by atoms with Gasteiger partial charge in [-0.25, -0.2) is 0 Å². The molecule has 1 aromatic rings. The van der Waals surface area contributed by atoms with Crippen LogP contribution in [-0.4, -0.2) is 39.4 Å². The summed E-state index contributed by atoms with van der Waals surface area (Å²) >= 11 is 0. The number of nitrogen functional groups attached to an aromatic ring is 1. The first-order chi connectivity index (χ1) is 9.63. The monoisotopic (exact) mass is 280 g/mol. The standard InChI is InChI=1S/C15H24N2O3/c1-12-9-13(11-14(16)10-12)15(18)17-5-3-4-6-20-8-7-19-2/h9-11H,3-8,16H2,1-2H3,(H,17,18). The molecule has 1 aromatic carbocycles. The quantitative estimate of drug-likeness (QED) is 0.534. The Bertz CT molecular complexity index is 401. The van der Waals surface area contributed by atoms with Crippen LogP contribution >= 0.6 is 0 Å². The van der Waals surface area contributed by atoms with Gasteiger partial charge in [0, 0.05) is 31.5 Å². The topological polar surface area (TPSA) is 73.6 Å². The minimum absolute atomic E-state index is 0.0827. The van der Waals surface area contributed by atoms with E-state index in [9.17, 15) is 4.79 Å². The molecule has 0 unspecified atom stereocenters. The second-order valence-electron chi connectivity index (χ2n) is 4.70. The molecule has 0 aliphatic heterocycles. The Morgan fingerprint density at radius 1 is 1.20 bits per heavy atom. The molecule has 1 amide bonds. The number of aryl methyl sites for hydroxylation is 1. The van der Waals surface area contributed by atoms with Crippen LogP contribution in [0.2, 0.25) is 0 Å². The summed E-state index contributed by atoms with van der Waals surface area (Å²) in [6.45, 7) is 4.48. The maximum Gasteiger partial charge on any atom is 0.251 e. The van der Waals surface area contributed by atoms with Gasteiger partial charge < -0.3 is 20.5 Å². The molecule has 20 heavy (non-hydrogen) atoms. The number of methoxy groups -OCH3 is 1. The highest BCUT2D eigenvalue weighted by molar-refractivity contribution is 5.95. The van der Waals surface area contributed by atoms with E-state index in [2.05, 4.69) is 5.32 Å². The fourth-order valence-corrected chi connectivity index (χ4v) is 1.82. The van der Waals surface area contributed by atoms with Crippen LogP contribution in [0, 0.1) is 6.92 Å². The fourth-order valence-electron chi connectivity index (χ4n) is 1.82. The highest BCUT2D eigenvalue weighted by Crippen LogP contribution is 2.11. The summed E-state index contributed by atoms with van der Waals surface area (Å²) in [4.78, 5) is 11.9. The van der Waals surface area contributed by atoms with E-state index in [1.807, 2.05) is 19.1 Å². The summed E-state index contributed by atoms with van der Waals surface area (Å²) in [5.41, 5.74) is 7.94. The third-order valence-corrected chi connectivity index (χ3v) is 2.79. The Morgan fingerprint density at radius 3 is 2.70 bits per heavy atom. The minimum Gasteiger partial charge on any atom is -0.399 e.